The average Bonchev–Trinajstić information content (AvgIpc) is 3.36. The fourth-order valence-electron chi connectivity index (χ4n) is 3.70. The highest BCUT2D eigenvalue weighted by molar-refractivity contribution is 9.10. The maximum absolute atomic E-state index is 13.0. The molecule has 1 aromatic heterocycles. The van der Waals surface area contributed by atoms with E-state index in [1.54, 1.807) is 6.07 Å². The number of fused-ring (bicyclic) bond motifs is 1. The largest absolute Gasteiger partial charge is 0.348 e. The minimum absolute atomic E-state index is 0.0114. The van der Waals surface area contributed by atoms with Crippen LogP contribution >= 0.6 is 15.9 Å². The zero-order valence-corrected chi connectivity index (χ0v) is 14.9. The molecule has 0 aliphatic heterocycles. The van der Waals surface area contributed by atoms with Gasteiger partial charge in [0.15, 0.2) is 0 Å². The Labute approximate surface area is 148 Å². The van der Waals surface area contributed by atoms with Crippen LogP contribution in [0.15, 0.2) is 45.7 Å². The maximum atomic E-state index is 13.0. The van der Waals surface area contributed by atoms with Crippen molar-refractivity contribution >= 4 is 21.8 Å². The minimum atomic E-state index is -0.385. The van der Waals surface area contributed by atoms with Crippen molar-refractivity contribution in [3.05, 3.63) is 68.0 Å². The molecule has 2 aromatic rings. The van der Waals surface area contributed by atoms with E-state index in [0.717, 1.165) is 53.4 Å². The minimum Gasteiger partial charge on any atom is -0.348 e. The first-order valence-corrected chi connectivity index (χ1v) is 9.17. The van der Waals surface area contributed by atoms with Gasteiger partial charge in [-0.25, -0.2) is 0 Å². The zero-order valence-electron chi connectivity index (χ0n) is 13.3. The number of aryl methyl sites for hydroxylation is 1. The van der Waals surface area contributed by atoms with Crippen molar-refractivity contribution in [2.24, 2.45) is 0 Å². The standard InChI is InChI=1S/C19H19BrN2O2/c20-13-4-1-3-12(11-13)19(9-10-19)18(24)22-16-6-2-5-15-14(16)7-8-17(23)21-15/h1,3-4,7-8,11,16H,2,5-6,9-10H2,(H,21,23)(H,22,24). The van der Waals surface area contributed by atoms with Gasteiger partial charge in [-0.2, -0.15) is 0 Å². The van der Waals surface area contributed by atoms with Gasteiger partial charge in [0.05, 0.1) is 11.5 Å². The molecule has 124 valence electrons. The van der Waals surface area contributed by atoms with Crippen LogP contribution in [0, 0.1) is 0 Å². The molecule has 5 heteroatoms. The number of halogens is 1. The number of benzene rings is 1. The lowest BCUT2D eigenvalue weighted by atomic mass is 9.89. The molecule has 0 radical (unpaired) electrons. The van der Waals surface area contributed by atoms with Crippen LogP contribution in [0.2, 0.25) is 0 Å². The number of nitrogens with one attached hydrogen (secondary N) is 2. The Morgan fingerprint density at radius 1 is 1.25 bits per heavy atom. The SMILES string of the molecule is O=C(NC1CCCc2[nH]c(=O)ccc21)C1(c2cccc(Br)c2)CC1. The molecule has 1 aromatic carbocycles. The summed E-state index contributed by atoms with van der Waals surface area (Å²) in [5.41, 5.74) is 2.63. The van der Waals surface area contributed by atoms with E-state index in [9.17, 15) is 9.59 Å². The third-order valence-corrected chi connectivity index (χ3v) is 5.69. The van der Waals surface area contributed by atoms with Crippen molar-refractivity contribution in [3.8, 4) is 0 Å². The molecule has 1 fully saturated rings. The lowest BCUT2D eigenvalue weighted by Crippen LogP contribution is -2.39. The van der Waals surface area contributed by atoms with Gasteiger partial charge in [-0.05, 0) is 61.4 Å². The molecule has 1 amide bonds. The van der Waals surface area contributed by atoms with E-state index in [1.165, 1.54) is 0 Å². The quantitative estimate of drug-likeness (QED) is 0.849. The van der Waals surface area contributed by atoms with Gasteiger partial charge >= 0.3 is 0 Å². The normalized spacial score (nSPS) is 21.0. The Hall–Kier alpha value is -1.88. The third-order valence-electron chi connectivity index (χ3n) is 5.20. The molecule has 0 bridgehead atoms. The number of aromatic amines is 1. The van der Waals surface area contributed by atoms with Crippen LogP contribution < -0.4 is 10.9 Å². The Balaban J connectivity index is 1.59. The lowest BCUT2D eigenvalue weighted by Gasteiger charge is -2.28. The Morgan fingerprint density at radius 2 is 2.08 bits per heavy atom. The molecule has 1 unspecified atom stereocenters. The second-order valence-electron chi connectivity index (χ2n) is 6.77. The van der Waals surface area contributed by atoms with Gasteiger partial charge in [-0.3, -0.25) is 9.59 Å². The van der Waals surface area contributed by atoms with Crippen LogP contribution in [0.1, 0.15) is 48.5 Å². The highest BCUT2D eigenvalue weighted by Gasteiger charge is 2.51. The molecule has 4 nitrogen and oxygen atoms in total. The zero-order chi connectivity index (χ0) is 16.7. The van der Waals surface area contributed by atoms with Gasteiger partial charge in [-0.15, -0.1) is 0 Å². The van der Waals surface area contributed by atoms with Crippen LogP contribution in [-0.4, -0.2) is 10.9 Å². The van der Waals surface area contributed by atoms with E-state index in [1.807, 2.05) is 30.3 Å². The molecule has 4 rings (SSSR count). The fraction of sp³-hybridized carbons (Fsp3) is 0.368. The van der Waals surface area contributed by atoms with Crippen molar-refractivity contribution < 1.29 is 4.79 Å². The summed E-state index contributed by atoms with van der Waals surface area (Å²) in [6.45, 7) is 0. The summed E-state index contributed by atoms with van der Waals surface area (Å²) in [5, 5.41) is 3.24. The second kappa shape index (κ2) is 5.88. The molecule has 1 saturated carbocycles. The van der Waals surface area contributed by atoms with Crippen molar-refractivity contribution in [1.29, 1.82) is 0 Å². The Morgan fingerprint density at radius 3 is 2.83 bits per heavy atom. The molecule has 0 spiro atoms. The number of H-pyrrole nitrogens is 1. The molecule has 1 atom stereocenters. The van der Waals surface area contributed by atoms with Crippen molar-refractivity contribution in [2.75, 3.05) is 0 Å². The molecule has 2 aliphatic rings. The number of amides is 1. The highest BCUT2D eigenvalue weighted by Crippen LogP contribution is 2.49. The van der Waals surface area contributed by atoms with Crippen LogP contribution in [-0.2, 0) is 16.6 Å². The highest BCUT2D eigenvalue weighted by atomic mass is 79.9. The van der Waals surface area contributed by atoms with E-state index >= 15 is 0 Å². The van der Waals surface area contributed by atoms with Crippen LogP contribution in [0.25, 0.3) is 0 Å². The van der Waals surface area contributed by atoms with E-state index < -0.39 is 0 Å². The van der Waals surface area contributed by atoms with E-state index in [4.69, 9.17) is 0 Å². The van der Waals surface area contributed by atoms with Gasteiger partial charge in [0.2, 0.25) is 11.5 Å². The fourth-order valence-corrected chi connectivity index (χ4v) is 4.10. The van der Waals surface area contributed by atoms with Crippen LogP contribution in [0.4, 0.5) is 0 Å². The number of pyridine rings is 1. The summed E-state index contributed by atoms with van der Waals surface area (Å²) in [5.74, 6) is 0.102. The number of carbonyl (C=O) groups excluding carboxylic acids is 1. The number of aromatic nitrogens is 1. The molecule has 0 saturated heterocycles. The molecular formula is C19H19BrN2O2. The number of rotatable bonds is 3. The second-order valence-corrected chi connectivity index (χ2v) is 7.68. The molecule has 24 heavy (non-hydrogen) atoms. The predicted molar refractivity (Wildman–Crippen MR) is 95.9 cm³/mol. The predicted octanol–water partition coefficient (Wildman–Crippen LogP) is 3.36. The smallest absolute Gasteiger partial charge is 0.248 e. The maximum Gasteiger partial charge on any atom is 0.248 e. The third kappa shape index (κ3) is 2.71. The number of hydrogen-bond donors (Lipinski definition) is 2. The Bertz CT molecular complexity index is 854. The molecule has 1 heterocycles. The summed E-state index contributed by atoms with van der Waals surface area (Å²) >= 11 is 3.49. The van der Waals surface area contributed by atoms with E-state index in [-0.39, 0.29) is 22.9 Å². The first-order chi connectivity index (χ1) is 11.6. The van der Waals surface area contributed by atoms with Gasteiger partial charge in [0.25, 0.3) is 0 Å². The summed E-state index contributed by atoms with van der Waals surface area (Å²) in [4.78, 5) is 27.4. The summed E-state index contributed by atoms with van der Waals surface area (Å²) in [6, 6.07) is 11.4. The van der Waals surface area contributed by atoms with E-state index in [0.29, 0.717) is 0 Å². The van der Waals surface area contributed by atoms with Gasteiger partial charge in [0.1, 0.15) is 0 Å². The van der Waals surface area contributed by atoms with Crippen LogP contribution in [0.5, 0.6) is 0 Å². The molecule has 2 N–H and O–H groups in total. The van der Waals surface area contributed by atoms with Crippen LogP contribution in [0.3, 0.4) is 0 Å². The summed E-state index contributed by atoms with van der Waals surface area (Å²) in [6.07, 6.45) is 4.54. The lowest BCUT2D eigenvalue weighted by molar-refractivity contribution is -0.124. The van der Waals surface area contributed by atoms with Gasteiger partial charge in [0, 0.05) is 16.2 Å². The number of hydrogen-bond acceptors (Lipinski definition) is 2. The summed E-state index contributed by atoms with van der Waals surface area (Å²) < 4.78 is 1.000. The van der Waals surface area contributed by atoms with Gasteiger partial charge < -0.3 is 10.3 Å². The first kappa shape index (κ1) is 15.6. The van der Waals surface area contributed by atoms with Crippen molar-refractivity contribution in [1.82, 2.24) is 10.3 Å². The molecule has 2 aliphatic carbocycles. The van der Waals surface area contributed by atoms with E-state index in [2.05, 4.69) is 26.2 Å². The van der Waals surface area contributed by atoms with Gasteiger partial charge in [-0.1, -0.05) is 28.1 Å². The summed E-state index contributed by atoms with van der Waals surface area (Å²) in [7, 11) is 0. The first-order valence-electron chi connectivity index (χ1n) is 8.38. The number of carbonyl (C=O) groups is 1. The van der Waals surface area contributed by atoms with Crippen molar-refractivity contribution in [3.63, 3.8) is 0 Å². The Kier molecular flexibility index (Phi) is 3.83. The molecular weight excluding hydrogens is 368 g/mol. The average molecular weight is 387 g/mol. The van der Waals surface area contributed by atoms with Crippen molar-refractivity contribution in [2.45, 2.75) is 43.6 Å². The monoisotopic (exact) mass is 386 g/mol. The topological polar surface area (TPSA) is 62.0 Å².